The molecule has 0 saturated heterocycles. The summed E-state index contributed by atoms with van der Waals surface area (Å²) in [7, 11) is 1.22. The van der Waals surface area contributed by atoms with Gasteiger partial charge in [-0.15, -0.1) is 0 Å². The highest BCUT2D eigenvalue weighted by molar-refractivity contribution is 6.34. The molecule has 0 spiro atoms. The number of oxime groups is 1. The summed E-state index contributed by atoms with van der Waals surface area (Å²) in [5.41, 5.74) is -1.20. The molecule has 2 aromatic rings. The van der Waals surface area contributed by atoms with Gasteiger partial charge >= 0.3 is 12.4 Å². The van der Waals surface area contributed by atoms with E-state index >= 15 is 0 Å². The number of amides is 1. The van der Waals surface area contributed by atoms with Crippen LogP contribution in [0.2, 0.25) is 15.1 Å². The topological polar surface area (TPSA) is 53.9 Å². The Hall–Kier alpha value is -2.37. The van der Waals surface area contributed by atoms with Gasteiger partial charge in [0.1, 0.15) is 6.42 Å². The first kappa shape index (κ1) is 26.2. The Labute approximate surface area is 204 Å². The number of hydrogen-bond acceptors (Lipinski definition) is 4. The van der Waals surface area contributed by atoms with Gasteiger partial charge in [-0.1, -0.05) is 46.0 Å². The van der Waals surface area contributed by atoms with Crippen LogP contribution in [0.5, 0.6) is 0 Å². The van der Waals surface area contributed by atoms with E-state index in [9.17, 15) is 31.1 Å². The summed E-state index contributed by atoms with van der Waals surface area (Å²) in [5.74, 6) is -1.35. The van der Waals surface area contributed by atoms with E-state index in [0.29, 0.717) is 0 Å². The van der Waals surface area contributed by atoms with Gasteiger partial charge in [0.15, 0.2) is 0 Å². The van der Waals surface area contributed by atoms with Gasteiger partial charge in [0.05, 0.1) is 16.4 Å². The molecule has 5 nitrogen and oxygen atoms in total. The maximum absolute atomic E-state index is 14.2. The first-order valence-corrected chi connectivity index (χ1v) is 10.4. The number of alkyl halides is 6. The fourth-order valence-corrected chi connectivity index (χ4v) is 4.03. The van der Waals surface area contributed by atoms with Crippen LogP contribution in [-0.4, -0.2) is 31.0 Å². The number of halogens is 9. The number of rotatable bonds is 5. The molecule has 1 heterocycles. The van der Waals surface area contributed by atoms with E-state index in [1.54, 1.807) is 0 Å². The van der Waals surface area contributed by atoms with Crippen molar-refractivity contribution in [2.24, 2.45) is 5.16 Å². The van der Waals surface area contributed by atoms with Crippen molar-refractivity contribution in [1.29, 1.82) is 0 Å². The second-order valence-corrected chi connectivity index (χ2v) is 8.62. The number of benzene rings is 2. The zero-order valence-electron chi connectivity index (χ0n) is 17.0. The van der Waals surface area contributed by atoms with Gasteiger partial charge in [0.25, 0.3) is 5.60 Å². The summed E-state index contributed by atoms with van der Waals surface area (Å²) in [6, 6.07) is 7.31. The molecule has 184 valence electrons. The summed E-state index contributed by atoms with van der Waals surface area (Å²) >= 11 is 17.8. The summed E-state index contributed by atoms with van der Waals surface area (Å²) in [6.07, 6.45) is -12.1. The predicted molar refractivity (Wildman–Crippen MR) is 115 cm³/mol. The standard InChI is InChI=1S/C20H14Cl3F6N3O2/c1-32(30-17(33)9-19(24,25)26)16-4-10(2-3-14(16)23)15-8-18(34-31-15,20(27,28)29)11-5-12(21)7-13(22)6-11/h2-7H,8-9H2,1H3,(H,30,33). The monoisotopic (exact) mass is 547 g/mol. The molecule has 3 rings (SSSR count). The lowest BCUT2D eigenvalue weighted by Crippen LogP contribution is -2.42. The molecule has 34 heavy (non-hydrogen) atoms. The fraction of sp³-hybridized carbons (Fsp3) is 0.300. The third-order valence-corrected chi connectivity index (χ3v) is 5.57. The number of hydrazine groups is 1. The number of carbonyl (C=O) groups excluding carboxylic acids is 1. The summed E-state index contributed by atoms with van der Waals surface area (Å²) in [4.78, 5) is 16.5. The van der Waals surface area contributed by atoms with Crippen LogP contribution in [0.15, 0.2) is 41.6 Å². The normalized spacial score (nSPS) is 18.4. The Morgan fingerprint density at radius 1 is 1.09 bits per heavy atom. The van der Waals surface area contributed by atoms with E-state index in [1.807, 2.05) is 5.43 Å². The number of anilines is 1. The molecule has 0 saturated carbocycles. The quantitative estimate of drug-likeness (QED) is 0.336. The van der Waals surface area contributed by atoms with E-state index < -0.39 is 36.7 Å². The predicted octanol–water partition coefficient (Wildman–Crippen LogP) is 6.65. The van der Waals surface area contributed by atoms with Crippen molar-refractivity contribution in [3.63, 3.8) is 0 Å². The maximum atomic E-state index is 14.2. The Kier molecular flexibility index (Phi) is 7.22. The van der Waals surface area contributed by atoms with E-state index in [1.165, 1.54) is 31.3 Å². The van der Waals surface area contributed by atoms with Gasteiger partial charge in [-0.25, -0.2) is 0 Å². The number of hydrogen-bond donors (Lipinski definition) is 1. The van der Waals surface area contributed by atoms with Crippen LogP contribution in [-0.2, 0) is 15.2 Å². The molecule has 0 fully saturated rings. The van der Waals surface area contributed by atoms with Crippen molar-refractivity contribution < 1.29 is 36.0 Å². The molecule has 1 atom stereocenters. The molecule has 0 aromatic heterocycles. The Balaban J connectivity index is 1.91. The molecule has 1 N–H and O–H groups in total. The van der Waals surface area contributed by atoms with Gasteiger partial charge in [0, 0.05) is 34.6 Å². The molecule has 1 amide bonds. The zero-order valence-corrected chi connectivity index (χ0v) is 19.3. The third-order valence-electron chi connectivity index (χ3n) is 4.81. The van der Waals surface area contributed by atoms with Crippen LogP contribution < -0.4 is 10.4 Å². The summed E-state index contributed by atoms with van der Waals surface area (Å²) in [5, 5.41) is 4.48. The molecule has 1 aliphatic rings. The van der Waals surface area contributed by atoms with Crippen molar-refractivity contribution in [3.8, 4) is 0 Å². The first-order valence-electron chi connectivity index (χ1n) is 9.29. The molecule has 14 heteroatoms. The van der Waals surface area contributed by atoms with Crippen LogP contribution in [0, 0.1) is 0 Å². The minimum absolute atomic E-state index is 0.0155. The molecule has 0 aliphatic carbocycles. The fourth-order valence-electron chi connectivity index (χ4n) is 3.26. The van der Waals surface area contributed by atoms with Gasteiger partial charge in [-0.2, -0.15) is 26.3 Å². The van der Waals surface area contributed by atoms with Gasteiger partial charge in [0.2, 0.25) is 5.91 Å². The first-order chi connectivity index (χ1) is 15.6. The average molecular weight is 549 g/mol. The number of carbonyl (C=O) groups is 1. The van der Waals surface area contributed by atoms with Gasteiger partial charge in [-0.05, 0) is 30.3 Å². The van der Waals surface area contributed by atoms with Crippen LogP contribution >= 0.6 is 34.8 Å². The van der Waals surface area contributed by atoms with Crippen LogP contribution in [0.25, 0.3) is 0 Å². The highest BCUT2D eigenvalue weighted by Gasteiger charge is 2.62. The minimum atomic E-state index is -4.91. The SMILES string of the molecule is CN(NC(=O)CC(F)(F)F)c1cc(C2=NOC(c3cc(Cl)cc(Cl)c3)(C(F)(F)F)C2)ccc1Cl. The Bertz CT molecular complexity index is 1120. The second-order valence-electron chi connectivity index (χ2n) is 7.34. The summed E-state index contributed by atoms with van der Waals surface area (Å²) < 4.78 is 79.7. The molecular weight excluding hydrogens is 535 g/mol. The van der Waals surface area contributed by atoms with Crippen molar-refractivity contribution in [2.45, 2.75) is 30.8 Å². The van der Waals surface area contributed by atoms with E-state index in [-0.39, 0.29) is 37.6 Å². The Morgan fingerprint density at radius 3 is 2.26 bits per heavy atom. The summed E-state index contributed by atoms with van der Waals surface area (Å²) in [6.45, 7) is 0. The molecule has 2 aromatic carbocycles. The molecule has 1 aliphatic heterocycles. The number of nitrogens with zero attached hydrogens (tertiary/aromatic N) is 2. The van der Waals surface area contributed by atoms with Crippen molar-refractivity contribution in [3.05, 3.63) is 62.6 Å². The average Bonchev–Trinajstić information content (AvgIpc) is 3.12. The molecule has 0 radical (unpaired) electrons. The van der Waals surface area contributed by atoms with Crippen molar-refractivity contribution in [1.82, 2.24) is 5.43 Å². The molecular formula is C20H14Cl3F6N3O2. The number of nitrogens with one attached hydrogen (secondary N) is 1. The lowest BCUT2D eigenvalue weighted by Gasteiger charge is -2.29. The van der Waals surface area contributed by atoms with Crippen molar-refractivity contribution in [2.75, 3.05) is 12.1 Å². The van der Waals surface area contributed by atoms with E-state index in [4.69, 9.17) is 39.6 Å². The van der Waals surface area contributed by atoms with E-state index in [0.717, 1.165) is 17.1 Å². The molecule has 0 bridgehead atoms. The van der Waals surface area contributed by atoms with E-state index in [2.05, 4.69) is 5.16 Å². The highest BCUT2D eigenvalue weighted by atomic mass is 35.5. The molecule has 1 unspecified atom stereocenters. The lowest BCUT2D eigenvalue weighted by atomic mass is 9.86. The van der Waals surface area contributed by atoms with Crippen LogP contribution in [0.1, 0.15) is 24.0 Å². The highest BCUT2D eigenvalue weighted by Crippen LogP contribution is 2.50. The second kappa shape index (κ2) is 9.35. The Morgan fingerprint density at radius 2 is 1.71 bits per heavy atom. The zero-order chi connectivity index (χ0) is 25.5. The third kappa shape index (κ3) is 5.64. The largest absolute Gasteiger partial charge is 0.435 e. The van der Waals surface area contributed by atoms with Gasteiger partial charge < -0.3 is 4.84 Å². The smallest absolute Gasteiger partial charge is 0.374 e. The van der Waals surface area contributed by atoms with Crippen LogP contribution in [0.3, 0.4) is 0 Å². The lowest BCUT2D eigenvalue weighted by molar-refractivity contribution is -0.275. The maximum Gasteiger partial charge on any atom is 0.435 e. The minimum Gasteiger partial charge on any atom is -0.374 e. The van der Waals surface area contributed by atoms with Gasteiger partial charge in [-0.3, -0.25) is 15.2 Å². The van der Waals surface area contributed by atoms with Crippen molar-refractivity contribution >= 4 is 52.1 Å². The van der Waals surface area contributed by atoms with Crippen LogP contribution in [0.4, 0.5) is 32.0 Å².